The van der Waals surface area contributed by atoms with Crippen LogP contribution in [0.2, 0.25) is 0 Å². The van der Waals surface area contributed by atoms with Crippen LogP contribution in [0, 0.1) is 0 Å². The molecule has 0 aliphatic carbocycles. The van der Waals surface area contributed by atoms with E-state index in [1.165, 1.54) is 0 Å². The van der Waals surface area contributed by atoms with Gasteiger partial charge in [-0.25, -0.2) is 4.79 Å². The summed E-state index contributed by atoms with van der Waals surface area (Å²) in [5, 5.41) is 12.2. The highest BCUT2D eigenvalue weighted by Crippen LogP contribution is 2.17. The van der Waals surface area contributed by atoms with Crippen LogP contribution in [0.5, 0.6) is 5.75 Å². The molecule has 0 heterocycles. The molecule has 2 rings (SSSR count). The molecule has 0 radical (unpaired) electrons. The van der Waals surface area contributed by atoms with Gasteiger partial charge in [0.1, 0.15) is 5.75 Å². The summed E-state index contributed by atoms with van der Waals surface area (Å²) < 4.78 is 5.58. The van der Waals surface area contributed by atoms with Crippen LogP contribution in [0.25, 0.3) is 0 Å². The maximum absolute atomic E-state index is 10.8. The molecule has 0 saturated carbocycles. The summed E-state index contributed by atoms with van der Waals surface area (Å²) >= 11 is 0. The molecule has 2 N–H and O–H groups in total. The lowest BCUT2D eigenvalue weighted by molar-refractivity contribution is 0.0697. The molecular formula is C17H20ClNO3. The molecule has 4 nitrogen and oxygen atoms in total. The number of para-hydroxylation sites is 1. The van der Waals surface area contributed by atoms with Gasteiger partial charge in [-0.15, -0.1) is 12.4 Å². The predicted octanol–water partition coefficient (Wildman–Crippen LogP) is 3.50. The van der Waals surface area contributed by atoms with E-state index in [1.54, 1.807) is 12.1 Å². The molecule has 0 spiro atoms. The number of rotatable bonds is 7. The molecule has 0 bridgehead atoms. The number of aromatic carboxylic acids is 1. The summed E-state index contributed by atoms with van der Waals surface area (Å²) in [6.07, 6.45) is 0. The van der Waals surface area contributed by atoms with E-state index in [0.717, 1.165) is 16.9 Å². The quantitative estimate of drug-likeness (QED) is 0.819. The van der Waals surface area contributed by atoms with Crippen molar-refractivity contribution in [3.05, 3.63) is 65.2 Å². The number of ether oxygens (including phenoxy) is 1. The largest absolute Gasteiger partial charge is 0.494 e. The molecule has 0 atom stereocenters. The maximum atomic E-state index is 10.8. The summed E-state index contributed by atoms with van der Waals surface area (Å²) in [6.45, 7) is 4.00. The Morgan fingerprint density at radius 3 is 2.41 bits per heavy atom. The number of carbonyl (C=O) groups is 1. The Morgan fingerprint density at radius 2 is 1.77 bits per heavy atom. The Labute approximate surface area is 136 Å². The van der Waals surface area contributed by atoms with Crippen LogP contribution in [-0.4, -0.2) is 17.7 Å². The highest BCUT2D eigenvalue weighted by molar-refractivity contribution is 5.87. The minimum atomic E-state index is -0.903. The summed E-state index contributed by atoms with van der Waals surface area (Å²) in [4.78, 5) is 10.8. The third-order valence-electron chi connectivity index (χ3n) is 3.12. The first kappa shape index (κ1) is 18.0. The molecular weight excluding hydrogens is 302 g/mol. The molecule has 0 aliphatic heterocycles. The molecule has 118 valence electrons. The summed E-state index contributed by atoms with van der Waals surface area (Å²) in [6, 6.07) is 14.8. The number of nitrogens with one attached hydrogen (secondary N) is 1. The first-order valence-electron chi connectivity index (χ1n) is 6.94. The Bertz CT molecular complexity index is 599. The number of hydrogen-bond donors (Lipinski definition) is 2. The van der Waals surface area contributed by atoms with E-state index in [2.05, 4.69) is 5.32 Å². The summed E-state index contributed by atoms with van der Waals surface area (Å²) in [7, 11) is 0. The van der Waals surface area contributed by atoms with E-state index >= 15 is 0 Å². The van der Waals surface area contributed by atoms with Gasteiger partial charge in [0.25, 0.3) is 0 Å². The van der Waals surface area contributed by atoms with Crippen LogP contribution in [0.15, 0.2) is 48.5 Å². The zero-order valence-electron chi connectivity index (χ0n) is 12.4. The van der Waals surface area contributed by atoms with Crippen LogP contribution in [0.3, 0.4) is 0 Å². The van der Waals surface area contributed by atoms with Gasteiger partial charge in [-0.05, 0) is 30.7 Å². The molecule has 0 amide bonds. The van der Waals surface area contributed by atoms with Gasteiger partial charge in [0, 0.05) is 18.7 Å². The topological polar surface area (TPSA) is 58.6 Å². The van der Waals surface area contributed by atoms with Gasteiger partial charge in [0.2, 0.25) is 0 Å². The lowest BCUT2D eigenvalue weighted by Crippen LogP contribution is -2.13. The molecule has 0 fully saturated rings. The van der Waals surface area contributed by atoms with Gasteiger partial charge in [-0.1, -0.05) is 30.3 Å². The SMILES string of the molecule is CCOc1ccccc1CNCc1ccc(C(=O)O)cc1.Cl. The van der Waals surface area contributed by atoms with Crippen molar-refractivity contribution >= 4 is 18.4 Å². The first-order chi connectivity index (χ1) is 10.2. The predicted molar refractivity (Wildman–Crippen MR) is 88.8 cm³/mol. The second kappa shape index (κ2) is 9.07. The van der Waals surface area contributed by atoms with E-state index in [4.69, 9.17) is 9.84 Å². The lowest BCUT2D eigenvalue weighted by atomic mass is 10.1. The van der Waals surface area contributed by atoms with Crippen molar-refractivity contribution in [1.29, 1.82) is 0 Å². The van der Waals surface area contributed by atoms with Gasteiger partial charge in [-0.2, -0.15) is 0 Å². The highest BCUT2D eigenvalue weighted by Gasteiger charge is 2.03. The Kier molecular flexibility index (Phi) is 7.43. The molecule has 2 aromatic carbocycles. The first-order valence-corrected chi connectivity index (χ1v) is 6.94. The smallest absolute Gasteiger partial charge is 0.335 e. The normalized spacial score (nSPS) is 9.86. The Balaban J connectivity index is 0.00000242. The van der Waals surface area contributed by atoms with Crippen molar-refractivity contribution in [3.63, 3.8) is 0 Å². The zero-order chi connectivity index (χ0) is 15.1. The van der Waals surface area contributed by atoms with Gasteiger partial charge >= 0.3 is 5.97 Å². The van der Waals surface area contributed by atoms with Crippen LogP contribution >= 0.6 is 12.4 Å². The lowest BCUT2D eigenvalue weighted by Gasteiger charge is -2.11. The fourth-order valence-electron chi connectivity index (χ4n) is 2.05. The maximum Gasteiger partial charge on any atom is 0.335 e. The molecule has 5 heteroatoms. The van der Waals surface area contributed by atoms with Crippen molar-refractivity contribution in [2.75, 3.05) is 6.61 Å². The van der Waals surface area contributed by atoms with Gasteiger partial charge in [0.05, 0.1) is 12.2 Å². The van der Waals surface area contributed by atoms with E-state index in [1.807, 2.05) is 43.3 Å². The van der Waals surface area contributed by atoms with E-state index in [0.29, 0.717) is 25.3 Å². The van der Waals surface area contributed by atoms with Gasteiger partial charge in [0.15, 0.2) is 0 Å². The minimum absolute atomic E-state index is 0. The third kappa shape index (κ3) is 5.06. The Hall–Kier alpha value is -2.04. The van der Waals surface area contributed by atoms with Crippen molar-refractivity contribution in [3.8, 4) is 5.75 Å². The number of halogens is 1. The van der Waals surface area contributed by atoms with Crippen molar-refractivity contribution in [1.82, 2.24) is 5.32 Å². The van der Waals surface area contributed by atoms with E-state index in [9.17, 15) is 4.79 Å². The zero-order valence-corrected chi connectivity index (χ0v) is 13.2. The van der Waals surface area contributed by atoms with Crippen molar-refractivity contribution in [2.24, 2.45) is 0 Å². The minimum Gasteiger partial charge on any atom is -0.494 e. The van der Waals surface area contributed by atoms with E-state index in [-0.39, 0.29) is 12.4 Å². The number of benzene rings is 2. The number of carboxylic acid groups (broad SMARTS) is 1. The van der Waals surface area contributed by atoms with Crippen LogP contribution in [0.1, 0.15) is 28.4 Å². The van der Waals surface area contributed by atoms with E-state index < -0.39 is 5.97 Å². The fourth-order valence-corrected chi connectivity index (χ4v) is 2.05. The summed E-state index contributed by atoms with van der Waals surface area (Å²) in [5.41, 5.74) is 2.47. The molecule has 0 unspecified atom stereocenters. The average Bonchev–Trinajstić information content (AvgIpc) is 2.50. The third-order valence-corrected chi connectivity index (χ3v) is 3.12. The fraction of sp³-hybridized carbons (Fsp3) is 0.235. The standard InChI is InChI=1S/C17H19NO3.ClH/c1-2-21-16-6-4-3-5-15(16)12-18-11-13-7-9-14(10-8-13)17(19)20;/h3-10,18H,2,11-12H2,1H3,(H,19,20);1H. The molecule has 22 heavy (non-hydrogen) atoms. The summed E-state index contributed by atoms with van der Waals surface area (Å²) in [5.74, 6) is -0.00567. The second-order valence-corrected chi connectivity index (χ2v) is 4.65. The van der Waals surface area contributed by atoms with Gasteiger partial charge in [-0.3, -0.25) is 0 Å². The highest BCUT2D eigenvalue weighted by atomic mass is 35.5. The Morgan fingerprint density at radius 1 is 1.09 bits per heavy atom. The van der Waals surface area contributed by atoms with Crippen LogP contribution in [-0.2, 0) is 13.1 Å². The number of hydrogen-bond acceptors (Lipinski definition) is 3. The molecule has 0 aliphatic rings. The van der Waals surface area contributed by atoms with Crippen molar-refractivity contribution < 1.29 is 14.6 Å². The number of carboxylic acids is 1. The van der Waals surface area contributed by atoms with Crippen LogP contribution < -0.4 is 10.1 Å². The molecule has 0 aromatic heterocycles. The average molecular weight is 322 g/mol. The van der Waals surface area contributed by atoms with Crippen LogP contribution in [0.4, 0.5) is 0 Å². The van der Waals surface area contributed by atoms with Crippen molar-refractivity contribution in [2.45, 2.75) is 20.0 Å². The monoisotopic (exact) mass is 321 g/mol. The molecule has 2 aromatic rings. The van der Waals surface area contributed by atoms with Gasteiger partial charge < -0.3 is 15.2 Å². The molecule has 0 saturated heterocycles. The second-order valence-electron chi connectivity index (χ2n) is 4.65.